The molecule has 16 heavy (non-hydrogen) atoms. The lowest BCUT2D eigenvalue weighted by molar-refractivity contribution is 0.627. The fraction of sp³-hybridized carbons (Fsp3) is 0.222. The normalized spacial score (nSPS) is 10.6. The van der Waals surface area contributed by atoms with Crippen LogP contribution in [0.1, 0.15) is 5.56 Å². The molecule has 0 saturated heterocycles. The molecule has 1 heterocycles. The summed E-state index contributed by atoms with van der Waals surface area (Å²) < 4.78 is 14.6. The molecule has 0 aliphatic rings. The molecule has 0 bridgehead atoms. The van der Waals surface area contributed by atoms with Gasteiger partial charge in [0.2, 0.25) is 5.16 Å². The first-order valence-corrected chi connectivity index (χ1v) is 5.54. The molecule has 0 spiro atoms. The highest BCUT2D eigenvalue weighted by molar-refractivity contribution is 7.98. The molecule has 0 amide bonds. The maximum Gasteiger partial charge on any atom is 0.209 e. The third kappa shape index (κ3) is 2.48. The van der Waals surface area contributed by atoms with Crippen molar-refractivity contribution in [2.24, 2.45) is 7.05 Å². The number of tetrazole rings is 1. The Morgan fingerprint density at radius 2 is 2.25 bits per heavy atom. The molecule has 2 rings (SSSR count). The van der Waals surface area contributed by atoms with Gasteiger partial charge in [0.15, 0.2) is 0 Å². The third-order valence-corrected chi connectivity index (χ3v) is 3.01. The SMILES string of the molecule is Cn1nnnc1SCc1cc(N)cc(F)c1. The number of thioether (sulfide) groups is 1. The van der Waals surface area contributed by atoms with Gasteiger partial charge >= 0.3 is 0 Å². The molecule has 1 aromatic heterocycles. The minimum absolute atomic E-state index is 0.327. The van der Waals surface area contributed by atoms with E-state index in [2.05, 4.69) is 15.5 Å². The summed E-state index contributed by atoms with van der Waals surface area (Å²) in [7, 11) is 1.75. The molecule has 0 saturated carbocycles. The van der Waals surface area contributed by atoms with Crippen LogP contribution in [0.5, 0.6) is 0 Å². The monoisotopic (exact) mass is 239 g/mol. The van der Waals surface area contributed by atoms with Gasteiger partial charge in [-0.2, -0.15) is 0 Å². The van der Waals surface area contributed by atoms with Crippen molar-refractivity contribution in [1.82, 2.24) is 20.2 Å². The van der Waals surface area contributed by atoms with E-state index in [0.29, 0.717) is 16.6 Å². The van der Waals surface area contributed by atoms with E-state index in [1.807, 2.05) is 0 Å². The minimum Gasteiger partial charge on any atom is -0.399 e. The van der Waals surface area contributed by atoms with Gasteiger partial charge < -0.3 is 5.73 Å². The second-order valence-electron chi connectivity index (χ2n) is 3.27. The minimum atomic E-state index is -0.327. The first-order valence-electron chi connectivity index (χ1n) is 4.55. The van der Waals surface area contributed by atoms with Gasteiger partial charge in [-0.3, -0.25) is 0 Å². The number of anilines is 1. The number of nitrogen functional groups attached to an aromatic ring is 1. The van der Waals surface area contributed by atoms with Crippen LogP contribution < -0.4 is 5.73 Å². The van der Waals surface area contributed by atoms with Crippen molar-refractivity contribution >= 4 is 17.4 Å². The van der Waals surface area contributed by atoms with E-state index >= 15 is 0 Å². The zero-order chi connectivity index (χ0) is 11.5. The highest BCUT2D eigenvalue weighted by Crippen LogP contribution is 2.21. The molecule has 0 aliphatic heterocycles. The number of rotatable bonds is 3. The van der Waals surface area contributed by atoms with Crippen molar-refractivity contribution in [3.05, 3.63) is 29.6 Å². The molecule has 0 unspecified atom stereocenters. The van der Waals surface area contributed by atoms with E-state index in [-0.39, 0.29) is 5.82 Å². The largest absolute Gasteiger partial charge is 0.399 e. The van der Waals surface area contributed by atoms with Crippen molar-refractivity contribution < 1.29 is 4.39 Å². The Labute approximate surface area is 95.8 Å². The number of aryl methyl sites for hydroxylation is 1. The summed E-state index contributed by atoms with van der Waals surface area (Å²) in [5, 5.41) is 11.7. The van der Waals surface area contributed by atoms with Crippen molar-refractivity contribution in [3.8, 4) is 0 Å². The highest BCUT2D eigenvalue weighted by Gasteiger charge is 2.04. The standard InChI is InChI=1S/C9H10FN5S/c1-15-9(12-13-14-15)16-5-6-2-7(10)4-8(11)3-6/h2-4H,5,11H2,1H3. The fourth-order valence-corrected chi connectivity index (χ4v) is 2.03. The van der Waals surface area contributed by atoms with Crippen LogP contribution in [0.25, 0.3) is 0 Å². The van der Waals surface area contributed by atoms with Crippen LogP contribution >= 0.6 is 11.8 Å². The lowest BCUT2D eigenvalue weighted by atomic mass is 10.2. The van der Waals surface area contributed by atoms with Crippen LogP contribution in [0.2, 0.25) is 0 Å². The molecule has 0 fully saturated rings. The van der Waals surface area contributed by atoms with Crippen LogP contribution in [0, 0.1) is 5.82 Å². The van der Waals surface area contributed by atoms with Gasteiger partial charge in [0.05, 0.1) is 0 Å². The first-order chi connectivity index (χ1) is 7.65. The second kappa shape index (κ2) is 4.48. The molecule has 2 N–H and O–H groups in total. The van der Waals surface area contributed by atoms with Gasteiger partial charge in [0.25, 0.3) is 0 Å². The summed E-state index contributed by atoms with van der Waals surface area (Å²) in [4.78, 5) is 0. The van der Waals surface area contributed by atoms with E-state index in [1.165, 1.54) is 23.9 Å². The number of nitrogens with zero attached hydrogens (tertiary/aromatic N) is 4. The Kier molecular flexibility index (Phi) is 3.04. The molecule has 0 atom stereocenters. The lowest BCUT2D eigenvalue weighted by Crippen LogP contribution is -1.94. The lowest BCUT2D eigenvalue weighted by Gasteiger charge is -2.02. The zero-order valence-corrected chi connectivity index (χ0v) is 9.41. The average molecular weight is 239 g/mol. The van der Waals surface area contributed by atoms with E-state index in [4.69, 9.17) is 5.73 Å². The molecule has 0 radical (unpaired) electrons. The van der Waals surface area contributed by atoms with Crippen molar-refractivity contribution in [2.45, 2.75) is 10.9 Å². The fourth-order valence-electron chi connectivity index (χ4n) is 1.25. The summed E-state index contributed by atoms with van der Waals surface area (Å²) in [5.41, 5.74) is 6.78. The molecule has 1 aromatic carbocycles. The number of nitrogens with two attached hydrogens (primary N) is 1. The van der Waals surface area contributed by atoms with E-state index < -0.39 is 0 Å². The molecular weight excluding hydrogens is 229 g/mol. The smallest absolute Gasteiger partial charge is 0.209 e. The summed E-state index contributed by atoms with van der Waals surface area (Å²) in [6, 6.07) is 4.48. The van der Waals surface area contributed by atoms with Crippen molar-refractivity contribution in [2.75, 3.05) is 5.73 Å². The molecule has 84 valence electrons. The predicted octanol–water partition coefficient (Wildman–Crippen LogP) is 1.22. The molecule has 2 aromatic rings. The quantitative estimate of drug-likeness (QED) is 0.644. The Morgan fingerprint density at radius 3 is 2.88 bits per heavy atom. The first kappa shape index (κ1) is 10.9. The number of benzene rings is 1. The van der Waals surface area contributed by atoms with Gasteiger partial charge in [0.1, 0.15) is 5.82 Å². The molecular formula is C9H10FN5S. The number of hydrogen-bond donors (Lipinski definition) is 1. The number of hydrogen-bond acceptors (Lipinski definition) is 5. The Balaban J connectivity index is 2.07. The maximum absolute atomic E-state index is 13.0. The molecule has 7 heteroatoms. The Hall–Kier alpha value is -1.63. The maximum atomic E-state index is 13.0. The summed E-state index contributed by atoms with van der Waals surface area (Å²) in [6.07, 6.45) is 0. The van der Waals surface area contributed by atoms with Crippen molar-refractivity contribution in [3.63, 3.8) is 0 Å². The highest BCUT2D eigenvalue weighted by atomic mass is 32.2. The van der Waals surface area contributed by atoms with Gasteiger partial charge in [0, 0.05) is 18.5 Å². The van der Waals surface area contributed by atoms with Crippen LogP contribution in [-0.2, 0) is 12.8 Å². The topological polar surface area (TPSA) is 69.6 Å². The van der Waals surface area contributed by atoms with Gasteiger partial charge in [-0.05, 0) is 34.2 Å². The summed E-state index contributed by atoms with van der Waals surface area (Å²) >= 11 is 1.43. The van der Waals surface area contributed by atoms with Crippen LogP contribution in [0.3, 0.4) is 0 Å². The van der Waals surface area contributed by atoms with Crippen LogP contribution in [0.15, 0.2) is 23.4 Å². The third-order valence-electron chi connectivity index (χ3n) is 1.93. The van der Waals surface area contributed by atoms with E-state index in [9.17, 15) is 4.39 Å². The van der Waals surface area contributed by atoms with Crippen LogP contribution in [-0.4, -0.2) is 20.2 Å². The molecule has 5 nitrogen and oxygen atoms in total. The zero-order valence-electron chi connectivity index (χ0n) is 8.59. The second-order valence-corrected chi connectivity index (χ2v) is 4.21. The van der Waals surface area contributed by atoms with Gasteiger partial charge in [-0.25, -0.2) is 9.07 Å². The van der Waals surface area contributed by atoms with Gasteiger partial charge in [-0.1, -0.05) is 11.8 Å². The van der Waals surface area contributed by atoms with Crippen molar-refractivity contribution in [1.29, 1.82) is 0 Å². The molecule has 0 aliphatic carbocycles. The van der Waals surface area contributed by atoms with E-state index in [0.717, 1.165) is 5.56 Å². The predicted molar refractivity (Wildman–Crippen MR) is 59.2 cm³/mol. The number of aromatic nitrogens is 4. The Morgan fingerprint density at radius 1 is 1.44 bits per heavy atom. The van der Waals surface area contributed by atoms with Gasteiger partial charge in [-0.15, -0.1) is 5.10 Å². The Bertz CT molecular complexity index is 478. The summed E-state index contributed by atoms with van der Waals surface area (Å²) in [6.45, 7) is 0. The van der Waals surface area contributed by atoms with Crippen LogP contribution in [0.4, 0.5) is 10.1 Å². The number of halogens is 1. The summed E-state index contributed by atoms with van der Waals surface area (Å²) in [5.74, 6) is 0.252. The average Bonchev–Trinajstić information content (AvgIpc) is 2.59. The van der Waals surface area contributed by atoms with E-state index in [1.54, 1.807) is 17.8 Å².